The molecular weight excluding hydrogens is 353 g/mol. The van der Waals surface area contributed by atoms with E-state index in [1.807, 2.05) is 6.07 Å². The Kier molecular flexibility index (Phi) is 7.03. The van der Waals surface area contributed by atoms with Crippen molar-refractivity contribution in [3.63, 3.8) is 0 Å². The molecule has 1 aliphatic rings. The van der Waals surface area contributed by atoms with Gasteiger partial charge in [-0.25, -0.2) is 0 Å². The molecule has 0 unspecified atom stereocenters. The quantitative estimate of drug-likeness (QED) is 0.568. The van der Waals surface area contributed by atoms with E-state index in [1.54, 1.807) is 12.1 Å². The van der Waals surface area contributed by atoms with Crippen molar-refractivity contribution in [3.8, 4) is 5.75 Å². The minimum absolute atomic E-state index is 0.535. The predicted molar refractivity (Wildman–Crippen MR) is 106 cm³/mol. The molecule has 3 rings (SSSR count). The molecule has 0 N–H and O–H groups in total. The van der Waals surface area contributed by atoms with E-state index >= 15 is 0 Å². The standard InChI is InChI=1S/C21H25Cl2NO/c22-20-12-11-19(15-21(20)23)25-14-13-24(18-9-5-2-6-10-18)16-17-7-3-1-4-8-17/h1,3-4,7-8,11-12,15,18H,2,5-6,9-10,13-14,16H2. The van der Waals surface area contributed by atoms with Crippen molar-refractivity contribution in [1.29, 1.82) is 0 Å². The minimum Gasteiger partial charge on any atom is -0.492 e. The smallest absolute Gasteiger partial charge is 0.120 e. The van der Waals surface area contributed by atoms with Gasteiger partial charge in [0.2, 0.25) is 0 Å². The van der Waals surface area contributed by atoms with Crippen molar-refractivity contribution in [1.82, 2.24) is 4.90 Å². The number of hydrogen-bond donors (Lipinski definition) is 0. The lowest BCUT2D eigenvalue weighted by atomic mass is 9.94. The molecule has 25 heavy (non-hydrogen) atoms. The van der Waals surface area contributed by atoms with Crippen molar-refractivity contribution in [2.24, 2.45) is 0 Å². The van der Waals surface area contributed by atoms with E-state index in [2.05, 4.69) is 35.2 Å². The second-order valence-electron chi connectivity index (χ2n) is 6.67. The fourth-order valence-electron chi connectivity index (χ4n) is 3.50. The Morgan fingerprint density at radius 1 is 0.920 bits per heavy atom. The van der Waals surface area contributed by atoms with E-state index in [-0.39, 0.29) is 0 Å². The highest BCUT2D eigenvalue weighted by Gasteiger charge is 2.21. The van der Waals surface area contributed by atoms with Gasteiger partial charge in [0.15, 0.2) is 0 Å². The zero-order valence-corrected chi connectivity index (χ0v) is 16.0. The summed E-state index contributed by atoms with van der Waals surface area (Å²) in [6.45, 7) is 2.55. The summed E-state index contributed by atoms with van der Waals surface area (Å²) >= 11 is 12.0. The van der Waals surface area contributed by atoms with Crippen LogP contribution in [0.15, 0.2) is 48.5 Å². The number of nitrogens with zero attached hydrogens (tertiary/aromatic N) is 1. The first-order valence-electron chi connectivity index (χ1n) is 9.08. The Morgan fingerprint density at radius 3 is 2.40 bits per heavy atom. The number of hydrogen-bond acceptors (Lipinski definition) is 2. The molecule has 2 nitrogen and oxygen atoms in total. The van der Waals surface area contributed by atoms with Gasteiger partial charge in [0.05, 0.1) is 10.0 Å². The summed E-state index contributed by atoms with van der Waals surface area (Å²) in [5, 5.41) is 1.09. The third kappa shape index (κ3) is 5.64. The fraction of sp³-hybridized carbons (Fsp3) is 0.429. The van der Waals surface area contributed by atoms with Crippen molar-refractivity contribution in [2.75, 3.05) is 13.2 Å². The van der Waals surface area contributed by atoms with Crippen molar-refractivity contribution in [2.45, 2.75) is 44.7 Å². The number of benzene rings is 2. The van der Waals surface area contributed by atoms with Crippen LogP contribution >= 0.6 is 23.2 Å². The highest BCUT2D eigenvalue weighted by molar-refractivity contribution is 6.42. The molecule has 0 aliphatic heterocycles. The first-order valence-corrected chi connectivity index (χ1v) is 9.84. The molecule has 0 spiro atoms. The maximum Gasteiger partial charge on any atom is 0.120 e. The molecule has 2 aromatic rings. The van der Waals surface area contributed by atoms with Gasteiger partial charge in [-0.1, -0.05) is 72.8 Å². The van der Waals surface area contributed by atoms with Gasteiger partial charge in [0.25, 0.3) is 0 Å². The molecule has 1 fully saturated rings. The molecule has 134 valence electrons. The van der Waals surface area contributed by atoms with E-state index in [1.165, 1.54) is 37.7 Å². The first kappa shape index (κ1) is 18.6. The monoisotopic (exact) mass is 377 g/mol. The molecular formula is C21H25Cl2NO. The summed E-state index contributed by atoms with van der Waals surface area (Å²) in [7, 11) is 0. The van der Waals surface area contributed by atoms with Crippen LogP contribution in [0.5, 0.6) is 5.75 Å². The van der Waals surface area contributed by atoms with Crippen LogP contribution in [-0.2, 0) is 6.54 Å². The van der Waals surface area contributed by atoms with Crippen LogP contribution in [0.1, 0.15) is 37.7 Å². The van der Waals surface area contributed by atoms with Crippen LogP contribution in [0.4, 0.5) is 0 Å². The molecule has 0 aromatic heterocycles. The van der Waals surface area contributed by atoms with Gasteiger partial charge in [-0.3, -0.25) is 4.90 Å². The summed E-state index contributed by atoms with van der Waals surface area (Å²) in [6, 6.07) is 16.8. The SMILES string of the molecule is Clc1ccc(OCCN(Cc2ccccc2)C2CCCCC2)cc1Cl. The van der Waals surface area contributed by atoms with Crippen molar-refractivity contribution >= 4 is 23.2 Å². The molecule has 0 radical (unpaired) electrons. The summed E-state index contributed by atoms with van der Waals surface area (Å²) in [5.74, 6) is 0.776. The average molecular weight is 378 g/mol. The Hall–Kier alpha value is -1.22. The van der Waals surface area contributed by atoms with Gasteiger partial charge in [-0.05, 0) is 30.5 Å². The molecule has 1 saturated carbocycles. The van der Waals surface area contributed by atoms with Crippen LogP contribution in [0.2, 0.25) is 10.0 Å². The van der Waals surface area contributed by atoms with Crippen LogP contribution in [0.3, 0.4) is 0 Å². The Morgan fingerprint density at radius 2 is 1.68 bits per heavy atom. The average Bonchev–Trinajstić information content (AvgIpc) is 2.65. The summed E-state index contributed by atoms with van der Waals surface area (Å²) in [4.78, 5) is 2.58. The normalized spacial score (nSPS) is 15.5. The van der Waals surface area contributed by atoms with Gasteiger partial charge in [-0.2, -0.15) is 0 Å². The van der Waals surface area contributed by atoms with E-state index < -0.39 is 0 Å². The van der Waals surface area contributed by atoms with Gasteiger partial charge in [0, 0.05) is 25.2 Å². The van der Waals surface area contributed by atoms with Crippen LogP contribution in [0.25, 0.3) is 0 Å². The second kappa shape index (κ2) is 9.47. The maximum atomic E-state index is 6.06. The topological polar surface area (TPSA) is 12.5 Å². The van der Waals surface area contributed by atoms with E-state index in [9.17, 15) is 0 Å². The maximum absolute atomic E-state index is 6.06. The number of rotatable bonds is 7. The molecule has 0 atom stereocenters. The largest absolute Gasteiger partial charge is 0.492 e. The molecule has 0 heterocycles. The van der Waals surface area contributed by atoms with E-state index in [4.69, 9.17) is 27.9 Å². The predicted octanol–water partition coefficient (Wildman–Crippen LogP) is 6.21. The number of ether oxygens (including phenoxy) is 1. The molecule has 1 aliphatic carbocycles. The van der Waals surface area contributed by atoms with Crippen LogP contribution < -0.4 is 4.74 Å². The van der Waals surface area contributed by atoms with Gasteiger partial charge in [0.1, 0.15) is 12.4 Å². The summed E-state index contributed by atoms with van der Waals surface area (Å²) < 4.78 is 5.92. The van der Waals surface area contributed by atoms with Crippen molar-refractivity contribution < 1.29 is 4.74 Å². The summed E-state index contributed by atoms with van der Waals surface area (Å²) in [6.07, 6.45) is 6.63. The van der Waals surface area contributed by atoms with Crippen LogP contribution in [-0.4, -0.2) is 24.1 Å². The van der Waals surface area contributed by atoms with Crippen molar-refractivity contribution in [3.05, 3.63) is 64.1 Å². The zero-order chi connectivity index (χ0) is 17.5. The fourth-order valence-corrected chi connectivity index (χ4v) is 3.79. The molecule has 0 amide bonds. The van der Waals surface area contributed by atoms with Crippen LogP contribution in [0, 0.1) is 0 Å². The van der Waals surface area contributed by atoms with E-state index in [0.717, 1.165) is 18.8 Å². The Labute approximate surface area is 160 Å². The first-order chi connectivity index (χ1) is 12.2. The van der Waals surface area contributed by atoms with Gasteiger partial charge >= 0.3 is 0 Å². The Balaban J connectivity index is 1.59. The minimum atomic E-state index is 0.535. The third-order valence-electron chi connectivity index (χ3n) is 4.86. The summed E-state index contributed by atoms with van der Waals surface area (Å²) in [5.41, 5.74) is 1.36. The van der Waals surface area contributed by atoms with Gasteiger partial charge < -0.3 is 4.74 Å². The zero-order valence-electron chi connectivity index (χ0n) is 14.5. The Bertz CT molecular complexity index is 656. The molecule has 4 heteroatoms. The van der Waals surface area contributed by atoms with Gasteiger partial charge in [-0.15, -0.1) is 0 Å². The highest BCUT2D eigenvalue weighted by Crippen LogP contribution is 2.27. The second-order valence-corrected chi connectivity index (χ2v) is 7.49. The van der Waals surface area contributed by atoms with E-state index in [0.29, 0.717) is 22.7 Å². The molecule has 0 bridgehead atoms. The lowest BCUT2D eigenvalue weighted by Gasteiger charge is -2.34. The third-order valence-corrected chi connectivity index (χ3v) is 5.60. The lowest BCUT2D eigenvalue weighted by molar-refractivity contribution is 0.123. The lowest BCUT2D eigenvalue weighted by Crippen LogP contribution is -2.39. The molecule has 2 aromatic carbocycles. The highest BCUT2D eigenvalue weighted by atomic mass is 35.5. The molecule has 0 saturated heterocycles. The number of halogens is 2.